The topological polar surface area (TPSA) is 84.1 Å². The van der Waals surface area contributed by atoms with E-state index in [2.05, 4.69) is 26.1 Å². The van der Waals surface area contributed by atoms with Crippen molar-refractivity contribution >= 4 is 24.2 Å². The van der Waals surface area contributed by atoms with E-state index in [1.54, 1.807) is 24.3 Å². The van der Waals surface area contributed by atoms with E-state index in [1.165, 1.54) is 7.11 Å². The Labute approximate surface area is 116 Å². The fourth-order valence-electron chi connectivity index (χ4n) is 1.20. The Hall–Kier alpha value is -1.45. The molecule has 1 unspecified atom stereocenters. The summed E-state index contributed by atoms with van der Waals surface area (Å²) in [7, 11) is 1.20. The number of hydrogen-bond acceptors (Lipinski definition) is 6. The van der Waals surface area contributed by atoms with Crippen LogP contribution in [0.2, 0.25) is 0 Å². The SMILES string of the molecule is CCOc1ccccc1C(C#N)=NOP(O)(=S)OC. The first-order valence-electron chi connectivity index (χ1n) is 5.31. The van der Waals surface area contributed by atoms with Gasteiger partial charge < -0.3 is 18.8 Å². The summed E-state index contributed by atoms with van der Waals surface area (Å²) in [6.07, 6.45) is 0. The van der Waals surface area contributed by atoms with Crippen LogP contribution in [0.5, 0.6) is 5.75 Å². The third kappa shape index (κ3) is 4.62. The van der Waals surface area contributed by atoms with Crippen molar-refractivity contribution in [2.75, 3.05) is 13.7 Å². The second-order valence-corrected chi connectivity index (χ2v) is 6.06. The monoisotopic (exact) mass is 300 g/mol. The molecular formula is C11H13N2O4PS. The molecule has 1 atom stereocenters. The lowest BCUT2D eigenvalue weighted by Crippen LogP contribution is -2.03. The van der Waals surface area contributed by atoms with Gasteiger partial charge in [-0.05, 0) is 19.1 Å². The summed E-state index contributed by atoms with van der Waals surface area (Å²) in [6, 6.07) is 8.73. The van der Waals surface area contributed by atoms with Gasteiger partial charge in [-0.3, -0.25) is 0 Å². The van der Waals surface area contributed by atoms with Crippen LogP contribution in [-0.4, -0.2) is 24.3 Å². The zero-order valence-electron chi connectivity index (χ0n) is 10.4. The molecule has 1 aromatic carbocycles. The quantitative estimate of drug-likeness (QED) is 0.492. The highest BCUT2D eigenvalue weighted by atomic mass is 32.5. The van der Waals surface area contributed by atoms with Crippen LogP contribution in [0, 0.1) is 11.3 Å². The Kier molecular flexibility index (Phi) is 5.93. The van der Waals surface area contributed by atoms with E-state index in [4.69, 9.17) is 10.00 Å². The van der Waals surface area contributed by atoms with Gasteiger partial charge in [0.05, 0.1) is 12.2 Å². The lowest BCUT2D eigenvalue weighted by atomic mass is 10.1. The number of oxime groups is 1. The van der Waals surface area contributed by atoms with Gasteiger partial charge in [0.1, 0.15) is 11.8 Å². The smallest absolute Gasteiger partial charge is 0.399 e. The first kappa shape index (κ1) is 15.6. The lowest BCUT2D eigenvalue weighted by Gasteiger charge is -2.10. The Morgan fingerprint density at radius 3 is 2.79 bits per heavy atom. The summed E-state index contributed by atoms with van der Waals surface area (Å²) in [6.45, 7) is -1.16. The summed E-state index contributed by atoms with van der Waals surface area (Å²) < 4.78 is 14.6. The van der Waals surface area contributed by atoms with Crippen LogP contribution in [-0.2, 0) is 21.0 Å². The van der Waals surface area contributed by atoms with E-state index in [9.17, 15) is 4.89 Å². The molecule has 6 nitrogen and oxygen atoms in total. The molecule has 1 aromatic rings. The maximum atomic E-state index is 9.42. The maximum Gasteiger partial charge on any atom is 0.399 e. The van der Waals surface area contributed by atoms with Crippen LogP contribution >= 0.6 is 6.72 Å². The van der Waals surface area contributed by atoms with Crippen molar-refractivity contribution in [1.82, 2.24) is 0 Å². The molecule has 0 bridgehead atoms. The summed E-state index contributed by atoms with van der Waals surface area (Å²) >= 11 is 4.62. The largest absolute Gasteiger partial charge is 0.493 e. The Balaban J connectivity index is 3.08. The summed E-state index contributed by atoms with van der Waals surface area (Å²) in [5, 5.41) is 12.6. The first-order chi connectivity index (χ1) is 9.04. The van der Waals surface area contributed by atoms with Gasteiger partial charge in [-0.2, -0.15) is 5.26 Å². The van der Waals surface area contributed by atoms with E-state index in [0.717, 1.165) is 0 Å². The third-order valence-electron chi connectivity index (χ3n) is 2.01. The van der Waals surface area contributed by atoms with Crippen LogP contribution in [0.15, 0.2) is 29.4 Å². The van der Waals surface area contributed by atoms with E-state index < -0.39 is 6.72 Å². The van der Waals surface area contributed by atoms with E-state index in [-0.39, 0.29) is 5.71 Å². The molecule has 0 heterocycles. The predicted octanol–water partition coefficient (Wildman–Crippen LogP) is 2.19. The van der Waals surface area contributed by atoms with Gasteiger partial charge in [0, 0.05) is 18.9 Å². The van der Waals surface area contributed by atoms with Crippen molar-refractivity contribution in [3.63, 3.8) is 0 Å². The number of rotatable bonds is 6. The highest BCUT2D eigenvalue weighted by molar-refractivity contribution is 8.07. The molecule has 1 N–H and O–H groups in total. The minimum absolute atomic E-state index is 0.0515. The zero-order chi connectivity index (χ0) is 14.3. The molecule has 0 fully saturated rings. The second-order valence-electron chi connectivity index (χ2n) is 3.21. The molecular weight excluding hydrogens is 287 g/mol. The molecule has 0 saturated carbocycles. The summed E-state index contributed by atoms with van der Waals surface area (Å²) in [5.41, 5.74) is 0.405. The van der Waals surface area contributed by atoms with Crippen LogP contribution in [0.4, 0.5) is 0 Å². The summed E-state index contributed by atoms with van der Waals surface area (Å²) in [5.74, 6) is 0.498. The molecule has 0 amide bonds. The molecule has 0 saturated heterocycles. The number of hydrogen-bond donors (Lipinski definition) is 1. The van der Waals surface area contributed by atoms with Crippen molar-refractivity contribution < 1.29 is 18.8 Å². The number of para-hydroxylation sites is 1. The van der Waals surface area contributed by atoms with Gasteiger partial charge in [-0.15, -0.1) is 0 Å². The molecule has 0 aliphatic carbocycles. The van der Waals surface area contributed by atoms with E-state index in [1.807, 2.05) is 13.0 Å². The average molecular weight is 300 g/mol. The fraction of sp³-hybridized carbons (Fsp3) is 0.273. The molecule has 0 spiro atoms. The highest BCUT2D eigenvalue weighted by Crippen LogP contribution is 2.42. The molecule has 102 valence electrons. The van der Waals surface area contributed by atoms with E-state index in [0.29, 0.717) is 17.9 Å². The van der Waals surface area contributed by atoms with Crippen molar-refractivity contribution in [3.05, 3.63) is 29.8 Å². The lowest BCUT2D eigenvalue weighted by molar-refractivity contribution is 0.235. The molecule has 0 radical (unpaired) electrons. The molecule has 1 rings (SSSR count). The fourth-order valence-corrected chi connectivity index (χ4v) is 1.55. The number of benzene rings is 1. The molecule has 8 heteroatoms. The van der Waals surface area contributed by atoms with E-state index >= 15 is 0 Å². The maximum absolute atomic E-state index is 9.42. The number of nitrogens with zero attached hydrogens (tertiary/aromatic N) is 2. The number of ether oxygens (including phenoxy) is 1. The van der Waals surface area contributed by atoms with Gasteiger partial charge in [0.25, 0.3) is 0 Å². The van der Waals surface area contributed by atoms with Gasteiger partial charge in [-0.1, -0.05) is 17.3 Å². The van der Waals surface area contributed by atoms with Crippen LogP contribution in [0.1, 0.15) is 12.5 Å². The van der Waals surface area contributed by atoms with Gasteiger partial charge in [0.15, 0.2) is 5.71 Å². The second kappa shape index (κ2) is 7.22. The van der Waals surface area contributed by atoms with Gasteiger partial charge in [0.2, 0.25) is 0 Å². The molecule has 0 aliphatic heterocycles. The first-order valence-corrected chi connectivity index (χ1v) is 7.90. The predicted molar refractivity (Wildman–Crippen MR) is 74.4 cm³/mol. The minimum atomic E-state index is -3.44. The third-order valence-corrected chi connectivity index (χ3v) is 3.41. The Morgan fingerprint density at radius 1 is 1.53 bits per heavy atom. The standard InChI is InChI=1S/C11H13N2O4PS/c1-3-16-11-7-5-4-6-9(11)10(8-12)13-17-18(14,19)15-2/h4-7H,3H2,1-2H3,(H,14,19). The molecule has 0 aromatic heterocycles. The highest BCUT2D eigenvalue weighted by Gasteiger charge is 2.16. The van der Waals surface area contributed by atoms with Crippen LogP contribution in [0.3, 0.4) is 0 Å². The minimum Gasteiger partial charge on any atom is -0.493 e. The average Bonchev–Trinajstić information content (AvgIpc) is 2.41. The number of nitriles is 1. The van der Waals surface area contributed by atoms with Gasteiger partial charge in [-0.25, -0.2) is 0 Å². The Bertz CT molecular complexity index is 556. The van der Waals surface area contributed by atoms with Gasteiger partial charge >= 0.3 is 6.72 Å². The zero-order valence-corrected chi connectivity index (χ0v) is 12.1. The van der Waals surface area contributed by atoms with Crippen molar-refractivity contribution in [2.45, 2.75) is 6.92 Å². The van der Waals surface area contributed by atoms with Crippen LogP contribution < -0.4 is 4.74 Å². The molecule has 0 aliphatic rings. The normalized spacial score (nSPS) is 14.3. The van der Waals surface area contributed by atoms with Crippen molar-refractivity contribution in [1.29, 1.82) is 5.26 Å². The summed E-state index contributed by atoms with van der Waals surface area (Å²) in [4.78, 5) is 9.42. The molecule has 19 heavy (non-hydrogen) atoms. The Morgan fingerprint density at radius 2 is 2.21 bits per heavy atom. The van der Waals surface area contributed by atoms with Crippen molar-refractivity contribution in [2.24, 2.45) is 5.16 Å². The van der Waals surface area contributed by atoms with Crippen molar-refractivity contribution in [3.8, 4) is 11.8 Å². The van der Waals surface area contributed by atoms with Crippen LogP contribution in [0.25, 0.3) is 0 Å².